The second-order valence-electron chi connectivity index (χ2n) is 3.95. The minimum Gasteiger partial charge on any atom is -0.200 e. The molecule has 0 saturated heterocycles. The van der Waals surface area contributed by atoms with Gasteiger partial charge in [-0.25, -0.2) is 0 Å². The molecule has 0 aliphatic carbocycles. The number of nitrogens with zero attached hydrogens (tertiary/aromatic N) is 1. The third-order valence-electron chi connectivity index (χ3n) is 2.44. The summed E-state index contributed by atoms with van der Waals surface area (Å²) in [5.74, 6) is -36.2. The second-order valence-corrected chi connectivity index (χ2v) is 4.15. The molecular formula is C9H6F13NS. The molecule has 0 saturated carbocycles. The zero-order valence-electron chi connectivity index (χ0n) is 11.0. The molecule has 0 aliphatic heterocycles. The number of nitriles is 1. The van der Waals surface area contributed by atoms with Gasteiger partial charge in [-0.05, 0) is 0 Å². The van der Waals surface area contributed by atoms with Gasteiger partial charge in [0.1, 0.15) is 5.40 Å². The lowest BCUT2D eigenvalue weighted by Gasteiger charge is -2.39. The molecule has 0 atom stereocenters. The predicted molar refractivity (Wildman–Crippen MR) is 55.7 cm³/mol. The highest BCUT2D eigenvalue weighted by Gasteiger charge is 2.90. The van der Waals surface area contributed by atoms with Crippen molar-refractivity contribution in [3.63, 3.8) is 0 Å². The molecule has 24 heavy (non-hydrogen) atoms. The molecule has 0 spiro atoms. The first kappa shape index (κ1) is 25.2. The molecular weight excluding hydrogens is 401 g/mol. The zero-order valence-corrected chi connectivity index (χ0v) is 11.9. The Morgan fingerprint density at radius 3 is 1.12 bits per heavy atom. The van der Waals surface area contributed by atoms with E-state index in [0.29, 0.717) is 0 Å². The number of thiol groups is 1. The minimum atomic E-state index is -7.81. The normalized spacial score (nSPS) is 14.6. The van der Waals surface area contributed by atoms with E-state index >= 15 is 0 Å². The highest BCUT2D eigenvalue weighted by Crippen LogP contribution is 2.60. The molecule has 0 fully saturated rings. The van der Waals surface area contributed by atoms with Crippen LogP contribution in [0.2, 0.25) is 0 Å². The van der Waals surface area contributed by atoms with Crippen LogP contribution in [-0.4, -0.2) is 35.8 Å². The van der Waals surface area contributed by atoms with Gasteiger partial charge in [0.15, 0.2) is 0 Å². The van der Waals surface area contributed by atoms with Gasteiger partial charge in [0, 0.05) is 6.42 Å². The van der Waals surface area contributed by atoms with E-state index in [0.717, 1.165) is 0 Å². The van der Waals surface area contributed by atoms with Crippen LogP contribution < -0.4 is 0 Å². The predicted octanol–water partition coefficient (Wildman–Crippen LogP) is 5.53. The lowest BCUT2D eigenvalue weighted by atomic mass is 9.93. The van der Waals surface area contributed by atoms with E-state index in [1.54, 1.807) is 0 Å². The Morgan fingerprint density at radius 1 is 0.667 bits per heavy atom. The van der Waals surface area contributed by atoms with Crippen LogP contribution in [0.3, 0.4) is 0 Å². The van der Waals surface area contributed by atoms with Crippen molar-refractivity contribution >= 4 is 12.6 Å². The van der Waals surface area contributed by atoms with Crippen molar-refractivity contribution in [2.24, 2.45) is 0 Å². The number of alkyl halides is 13. The molecule has 0 unspecified atom stereocenters. The van der Waals surface area contributed by atoms with Crippen LogP contribution in [0.1, 0.15) is 13.3 Å². The molecule has 0 aromatic carbocycles. The molecule has 144 valence electrons. The summed E-state index contributed by atoms with van der Waals surface area (Å²) < 4.78 is 161. The molecule has 15 heteroatoms. The van der Waals surface area contributed by atoms with Crippen molar-refractivity contribution in [1.29, 1.82) is 5.26 Å². The van der Waals surface area contributed by atoms with E-state index in [1.807, 2.05) is 0 Å². The van der Waals surface area contributed by atoms with Crippen LogP contribution in [0, 0.1) is 10.7 Å². The highest BCUT2D eigenvalue weighted by molar-refractivity contribution is 7.85. The zero-order chi connectivity index (χ0) is 20.4. The van der Waals surface area contributed by atoms with Crippen molar-refractivity contribution in [2.75, 3.05) is 0 Å². The van der Waals surface area contributed by atoms with Crippen LogP contribution in [0.5, 0.6) is 0 Å². The van der Waals surface area contributed by atoms with Crippen molar-refractivity contribution in [2.45, 2.75) is 49.1 Å². The Labute approximate surface area is 130 Å². The molecule has 0 aromatic rings. The van der Waals surface area contributed by atoms with Gasteiger partial charge in [0.25, 0.3) is 0 Å². The smallest absolute Gasteiger partial charge is 0.200 e. The van der Waals surface area contributed by atoms with E-state index in [1.165, 1.54) is 5.40 Å². The van der Waals surface area contributed by atoms with Gasteiger partial charge < -0.3 is 0 Å². The fraction of sp³-hybridized carbons (Fsp3) is 0.889. The molecule has 0 radical (unpaired) electrons. The fourth-order valence-electron chi connectivity index (χ4n) is 1.02. The summed E-state index contributed by atoms with van der Waals surface area (Å²) in [6, 6.07) is 0. The van der Waals surface area contributed by atoms with Gasteiger partial charge in [-0.3, -0.25) is 0 Å². The van der Waals surface area contributed by atoms with Crippen LogP contribution in [0.25, 0.3) is 0 Å². The first-order valence-electron chi connectivity index (χ1n) is 5.21. The van der Waals surface area contributed by atoms with E-state index in [2.05, 4.69) is 12.6 Å². The molecule has 0 amide bonds. The summed E-state index contributed by atoms with van der Waals surface area (Å²) in [5.41, 5.74) is 0. The van der Waals surface area contributed by atoms with E-state index in [9.17, 15) is 57.1 Å². The minimum absolute atomic E-state index is 0.115. The first-order chi connectivity index (χ1) is 10.2. The third kappa shape index (κ3) is 3.77. The Kier molecular flexibility index (Phi) is 7.39. The highest BCUT2D eigenvalue weighted by atomic mass is 32.1. The van der Waals surface area contributed by atoms with E-state index < -0.39 is 42.2 Å². The van der Waals surface area contributed by atoms with Gasteiger partial charge in [0.2, 0.25) is 0 Å². The van der Waals surface area contributed by atoms with Gasteiger partial charge in [-0.2, -0.15) is 62.3 Å². The monoisotopic (exact) mass is 407 g/mol. The number of hydrogen-bond acceptors (Lipinski definition) is 2. The average molecular weight is 407 g/mol. The number of hydrogen-bond donors (Lipinski definition) is 1. The van der Waals surface area contributed by atoms with Crippen LogP contribution in [-0.2, 0) is 0 Å². The van der Waals surface area contributed by atoms with Gasteiger partial charge >= 0.3 is 35.8 Å². The Morgan fingerprint density at radius 2 is 0.917 bits per heavy atom. The van der Waals surface area contributed by atoms with Crippen LogP contribution in [0.4, 0.5) is 57.1 Å². The van der Waals surface area contributed by atoms with Crippen LogP contribution in [0.15, 0.2) is 0 Å². The van der Waals surface area contributed by atoms with Crippen LogP contribution >= 0.6 is 12.6 Å². The Balaban J connectivity index is 0. The summed E-state index contributed by atoms with van der Waals surface area (Å²) in [7, 11) is 0. The average Bonchev–Trinajstić information content (AvgIpc) is 2.37. The Hall–Kier alpha value is -1.07. The molecule has 1 nitrogen and oxygen atoms in total. The molecule has 0 heterocycles. The lowest BCUT2D eigenvalue weighted by molar-refractivity contribution is -0.439. The topological polar surface area (TPSA) is 23.8 Å². The van der Waals surface area contributed by atoms with Crippen molar-refractivity contribution in [1.82, 2.24) is 0 Å². The van der Waals surface area contributed by atoms with Crippen molar-refractivity contribution in [3.8, 4) is 5.40 Å². The number of thiocyanates is 1. The second kappa shape index (κ2) is 7.04. The maximum Gasteiger partial charge on any atom is 0.460 e. The van der Waals surface area contributed by atoms with Crippen molar-refractivity contribution < 1.29 is 57.1 Å². The number of rotatable bonds is 5. The lowest BCUT2D eigenvalue weighted by Crippen LogP contribution is -2.69. The van der Waals surface area contributed by atoms with Gasteiger partial charge in [0.05, 0.1) is 0 Å². The largest absolute Gasteiger partial charge is 0.460 e. The van der Waals surface area contributed by atoms with Gasteiger partial charge in [-0.15, -0.1) is 0 Å². The molecule has 0 aliphatic rings. The maximum absolute atomic E-state index is 12.7. The molecule has 0 N–H and O–H groups in total. The molecule has 0 rings (SSSR count). The summed E-state index contributed by atoms with van der Waals surface area (Å²) in [4.78, 5) is 0. The van der Waals surface area contributed by atoms with E-state index in [-0.39, 0.29) is 6.92 Å². The summed E-state index contributed by atoms with van der Waals surface area (Å²) >= 11 is 3.09. The SMILES string of the molecule is CCC(F)(F)C(F)(F)C(F)(F)C(F)(F)C(F)(F)C(F)(F)F.N#CS. The standard InChI is InChI=1S/C8H5F13.CHNS/c1-2-3(9,10)4(11,12)5(13,14)6(15,16)7(17,18)8(19,20)21;2-1-3/h2H2,1H3;3H. The van der Waals surface area contributed by atoms with Crippen molar-refractivity contribution in [3.05, 3.63) is 0 Å². The van der Waals surface area contributed by atoms with E-state index in [4.69, 9.17) is 5.26 Å². The summed E-state index contributed by atoms with van der Waals surface area (Å²) in [6.45, 7) is 0.115. The molecule has 0 aromatic heterocycles. The molecule has 0 bridgehead atoms. The maximum atomic E-state index is 12.7. The van der Waals surface area contributed by atoms with Gasteiger partial charge in [-0.1, -0.05) is 19.6 Å². The quantitative estimate of drug-likeness (QED) is 0.362. The third-order valence-corrected chi connectivity index (χ3v) is 2.44. The fourth-order valence-corrected chi connectivity index (χ4v) is 1.02. The summed E-state index contributed by atoms with van der Waals surface area (Å²) in [6.07, 6.45) is -9.57. The Bertz CT molecular complexity index is 461. The summed E-state index contributed by atoms with van der Waals surface area (Å²) in [5, 5.41) is 8.63. The number of halogens is 13. The first-order valence-corrected chi connectivity index (χ1v) is 5.66.